The normalized spacial score (nSPS) is 12.0. The number of aliphatic hydroxyl groups excluding tert-OH is 1. The van der Waals surface area contributed by atoms with E-state index in [0.717, 1.165) is 0 Å². The van der Waals surface area contributed by atoms with Gasteiger partial charge in [0.05, 0.1) is 13.2 Å². The fourth-order valence-electron chi connectivity index (χ4n) is 1.62. The zero-order valence-corrected chi connectivity index (χ0v) is 11.0. The molecule has 0 aliphatic heterocycles. The number of nitriles is 1. The molecule has 0 heterocycles. The smallest absolute Gasteiger partial charge is 0.387 e. The van der Waals surface area contributed by atoms with Crippen molar-refractivity contribution in [2.75, 3.05) is 20.3 Å². The number of aliphatic hydroxyl groups is 1. The Kier molecular flexibility index (Phi) is 6.70. The van der Waals surface area contributed by atoms with E-state index in [1.165, 1.54) is 19.2 Å². The Morgan fingerprint density at radius 2 is 2.15 bits per heavy atom. The van der Waals surface area contributed by atoms with E-state index in [1.54, 1.807) is 6.07 Å². The van der Waals surface area contributed by atoms with Crippen LogP contribution < -0.4 is 14.8 Å². The van der Waals surface area contributed by atoms with Gasteiger partial charge in [0.1, 0.15) is 6.04 Å². The zero-order chi connectivity index (χ0) is 15.0. The Hall–Kier alpha value is -1.91. The van der Waals surface area contributed by atoms with Crippen molar-refractivity contribution in [3.8, 4) is 17.6 Å². The van der Waals surface area contributed by atoms with Gasteiger partial charge in [-0.25, -0.2) is 0 Å². The first-order chi connectivity index (χ1) is 9.62. The van der Waals surface area contributed by atoms with Crippen molar-refractivity contribution in [1.82, 2.24) is 5.32 Å². The van der Waals surface area contributed by atoms with Gasteiger partial charge in [0.15, 0.2) is 11.5 Å². The van der Waals surface area contributed by atoms with Crippen LogP contribution in [0.5, 0.6) is 11.5 Å². The lowest BCUT2D eigenvalue weighted by atomic mass is 10.1. The van der Waals surface area contributed by atoms with Crippen LogP contribution in [0.25, 0.3) is 0 Å². The van der Waals surface area contributed by atoms with Crippen LogP contribution in [0.1, 0.15) is 18.0 Å². The lowest BCUT2D eigenvalue weighted by Crippen LogP contribution is -2.22. The summed E-state index contributed by atoms with van der Waals surface area (Å²) < 4.78 is 33.9. The van der Waals surface area contributed by atoms with E-state index in [-0.39, 0.29) is 18.1 Å². The van der Waals surface area contributed by atoms with E-state index in [4.69, 9.17) is 15.1 Å². The molecule has 1 rings (SSSR count). The maximum absolute atomic E-state index is 12.3. The first-order valence-electron chi connectivity index (χ1n) is 5.99. The summed E-state index contributed by atoms with van der Waals surface area (Å²) in [6, 6.07) is 5.74. The molecule has 1 aromatic rings. The van der Waals surface area contributed by atoms with Gasteiger partial charge in [0.25, 0.3) is 0 Å². The van der Waals surface area contributed by atoms with Crippen molar-refractivity contribution in [3.05, 3.63) is 23.8 Å². The van der Waals surface area contributed by atoms with Crippen molar-refractivity contribution in [3.63, 3.8) is 0 Å². The number of hydrogen-bond donors (Lipinski definition) is 2. The molecule has 0 saturated carbocycles. The molecule has 0 bridgehead atoms. The van der Waals surface area contributed by atoms with Gasteiger partial charge < -0.3 is 14.6 Å². The minimum atomic E-state index is -2.97. The monoisotopic (exact) mass is 286 g/mol. The van der Waals surface area contributed by atoms with Gasteiger partial charge in [0, 0.05) is 6.61 Å². The molecule has 1 aromatic carbocycles. The fourth-order valence-corrected chi connectivity index (χ4v) is 1.62. The average Bonchev–Trinajstić information content (AvgIpc) is 2.43. The molecule has 1 unspecified atom stereocenters. The number of alkyl halides is 2. The number of nitrogens with zero attached hydrogens (tertiary/aromatic N) is 1. The van der Waals surface area contributed by atoms with Crippen molar-refractivity contribution in [1.29, 1.82) is 5.26 Å². The second-order valence-electron chi connectivity index (χ2n) is 3.88. The summed E-state index contributed by atoms with van der Waals surface area (Å²) in [7, 11) is 1.34. The van der Waals surface area contributed by atoms with Crippen molar-refractivity contribution in [2.45, 2.75) is 19.1 Å². The van der Waals surface area contributed by atoms with Crippen LogP contribution in [0.15, 0.2) is 18.2 Å². The molecular weight excluding hydrogens is 270 g/mol. The van der Waals surface area contributed by atoms with Gasteiger partial charge in [-0.15, -0.1) is 0 Å². The van der Waals surface area contributed by atoms with E-state index in [9.17, 15) is 8.78 Å². The van der Waals surface area contributed by atoms with E-state index in [2.05, 4.69) is 10.1 Å². The van der Waals surface area contributed by atoms with E-state index in [0.29, 0.717) is 18.5 Å². The molecule has 20 heavy (non-hydrogen) atoms. The number of rotatable bonds is 8. The summed E-state index contributed by atoms with van der Waals surface area (Å²) in [5.74, 6) is 0.0466. The van der Waals surface area contributed by atoms with Crippen LogP contribution >= 0.6 is 0 Å². The summed E-state index contributed by atoms with van der Waals surface area (Å²) >= 11 is 0. The third-order valence-corrected chi connectivity index (χ3v) is 2.55. The Morgan fingerprint density at radius 3 is 2.70 bits per heavy atom. The van der Waals surface area contributed by atoms with Crippen LogP contribution in [0.4, 0.5) is 8.78 Å². The highest BCUT2D eigenvalue weighted by Crippen LogP contribution is 2.31. The quantitative estimate of drug-likeness (QED) is 0.713. The van der Waals surface area contributed by atoms with E-state index < -0.39 is 12.7 Å². The molecule has 0 amide bonds. The molecule has 7 heteroatoms. The summed E-state index contributed by atoms with van der Waals surface area (Å²) in [6.07, 6.45) is 0.495. The van der Waals surface area contributed by atoms with Crippen molar-refractivity contribution in [2.24, 2.45) is 0 Å². The summed E-state index contributed by atoms with van der Waals surface area (Å²) in [5, 5.41) is 20.7. The topological polar surface area (TPSA) is 74.5 Å². The van der Waals surface area contributed by atoms with Gasteiger partial charge in [0.2, 0.25) is 0 Å². The predicted molar refractivity (Wildman–Crippen MR) is 67.7 cm³/mol. The highest BCUT2D eigenvalue weighted by Gasteiger charge is 2.15. The molecule has 0 saturated heterocycles. The van der Waals surface area contributed by atoms with Crippen LogP contribution in [0.2, 0.25) is 0 Å². The number of halogens is 2. The second-order valence-corrected chi connectivity index (χ2v) is 3.88. The Bertz CT molecular complexity index is 463. The Labute approximate surface area is 115 Å². The number of nitrogens with one attached hydrogen (secondary N) is 1. The van der Waals surface area contributed by atoms with Gasteiger partial charge in [-0.05, 0) is 30.7 Å². The Morgan fingerprint density at radius 1 is 1.40 bits per heavy atom. The molecule has 1 atom stereocenters. The molecular formula is C13H16F2N2O3. The Balaban J connectivity index is 2.90. The van der Waals surface area contributed by atoms with Crippen molar-refractivity contribution >= 4 is 0 Å². The van der Waals surface area contributed by atoms with Crippen LogP contribution in [0, 0.1) is 11.3 Å². The SMILES string of the molecule is COc1ccc(C(C#N)NCCCO)cc1OC(F)F. The molecule has 0 spiro atoms. The standard InChI is InChI=1S/C13H16F2N2O3/c1-19-11-4-3-9(7-12(11)20-13(14)15)10(8-16)17-5-2-6-18/h3-4,7,10,13,17-18H,2,5-6H2,1H3. The first-order valence-corrected chi connectivity index (χ1v) is 5.99. The minimum absolute atomic E-state index is 0.00745. The fraction of sp³-hybridized carbons (Fsp3) is 0.462. The van der Waals surface area contributed by atoms with Crippen LogP contribution in [0.3, 0.4) is 0 Å². The predicted octanol–water partition coefficient (Wildman–Crippen LogP) is 1.83. The maximum Gasteiger partial charge on any atom is 0.387 e. The van der Waals surface area contributed by atoms with Gasteiger partial charge in [-0.2, -0.15) is 14.0 Å². The average molecular weight is 286 g/mol. The van der Waals surface area contributed by atoms with Gasteiger partial charge >= 0.3 is 6.61 Å². The van der Waals surface area contributed by atoms with Gasteiger partial charge in [-0.3, -0.25) is 5.32 Å². The number of hydrogen-bond acceptors (Lipinski definition) is 5. The number of benzene rings is 1. The summed E-state index contributed by atoms with van der Waals surface area (Å²) in [5.41, 5.74) is 0.488. The van der Waals surface area contributed by atoms with Crippen molar-refractivity contribution < 1.29 is 23.4 Å². The van der Waals surface area contributed by atoms with Crippen LogP contribution in [-0.2, 0) is 0 Å². The summed E-state index contributed by atoms with van der Waals surface area (Å²) in [6.45, 7) is -2.53. The lowest BCUT2D eigenvalue weighted by Gasteiger charge is -2.15. The minimum Gasteiger partial charge on any atom is -0.493 e. The number of ether oxygens (including phenoxy) is 2. The lowest BCUT2D eigenvalue weighted by molar-refractivity contribution is -0.0512. The molecule has 0 radical (unpaired) electrons. The molecule has 0 aliphatic rings. The zero-order valence-electron chi connectivity index (χ0n) is 11.0. The molecule has 0 fully saturated rings. The van der Waals surface area contributed by atoms with E-state index >= 15 is 0 Å². The molecule has 2 N–H and O–H groups in total. The molecule has 110 valence electrons. The van der Waals surface area contributed by atoms with Crippen LogP contribution in [-0.4, -0.2) is 32.0 Å². The molecule has 5 nitrogen and oxygen atoms in total. The second kappa shape index (κ2) is 8.30. The third-order valence-electron chi connectivity index (χ3n) is 2.55. The highest BCUT2D eigenvalue weighted by molar-refractivity contribution is 5.44. The molecule has 0 aromatic heterocycles. The van der Waals surface area contributed by atoms with E-state index in [1.807, 2.05) is 6.07 Å². The maximum atomic E-state index is 12.3. The third kappa shape index (κ3) is 4.64. The molecule has 0 aliphatic carbocycles. The summed E-state index contributed by atoms with van der Waals surface area (Å²) in [4.78, 5) is 0. The largest absolute Gasteiger partial charge is 0.493 e. The highest BCUT2D eigenvalue weighted by atomic mass is 19.3. The first kappa shape index (κ1) is 16.1. The number of methoxy groups -OCH3 is 1. The van der Waals surface area contributed by atoms with Gasteiger partial charge in [-0.1, -0.05) is 6.07 Å².